The van der Waals surface area contributed by atoms with Crippen LogP contribution in [0.1, 0.15) is 40.2 Å². The number of rotatable bonds is 6. The largest absolute Gasteiger partial charge is 0.333 e. The van der Waals surface area contributed by atoms with Gasteiger partial charge in [0.1, 0.15) is 0 Å². The molecule has 288 valence electrons. The first-order valence-corrected chi connectivity index (χ1v) is 21.2. The molecule has 0 N–H and O–H groups in total. The molecule has 2 aliphatic carbocycles. The van der Waals surface area contributed by atoms with Gasteiger partial charge in [0.25, 0.3) is 0 Å². The van der Waals surface area contributed by atoms with Crippen molar-refractivity contribution >= 4 is 34.3 Å². The smallest absolute Gasteiger partial charge is 0.164 e. The molecule has 0 amide bonds. The molecule has 3 aliphatic rings. The molecule has 2 unspecified atom stereocenters. The Hall–Kier alpha value is -7.69. The third-order valence-corrected chi connectivity index (χ3v) is 12.7. The summed E-state index contributed by atoms with van der Waals surface area (Å²) in [5, 5.41) is 2.52. The van der Waals surface area contributed by atoms with Crippen LogP contribution in [0, 0.1) is 0 Å². The molecule has 0 fully saturated rings. The van der Waals surface area contributed by atoms with Crippen LogP contribution in [0.3, 0.4) is 0 Å². The van der Waals surface area contributed by atoms with Crippen LogP contribution in [0.25, 0.3) is 79.3 Å². The number of hydrogen-bond acceptors (Lipinski definition) is 4. The molecule has 1 aliphatic heterocycles. The highest BCUT2D eigenvalue weighted by Crippen LogP contribution is 2.52. The van der Waals surface area contributed by atoms with Crippen molar-refractivity contribution in [2.45, 2.75) is 24.8 Å². The molecule has 1 aromatic heterocycles. The first-order chi connectivity index (χ1) is 30.2. The molecule has 8 aromatic carbocycles. The van der Waals surface area contributed by atoms with Crippen LogP contribution < -0.4 is 4.90 Å². The summed E-state index contributed by atoms with van der Waals surface area (Å²) in [5.41, 5.74) is 17.0. The zero-order valence-electron chi connectivity index (χ0n) is 33.5. The van der Waals surface area contributed by atoms with Crippen molar-refractivity contribution < 1.29 is 0 Å². The monoisotopic (exact) mass is 780 g/mol. The van der Waals surface area contributed by atoms with Gasteiger partial charge in [-0.25, -0.2) is 15.0 Å². The summed E-state index contributed by atoms with van der Waals surface area (Å²) in [6.45, 7) is 0. The highest BCUT2D eigenvalue weighted by atomic mass is 15.2. The van der Waals surface area contributed by atoms with Gasteiger partial charge in [0, 0.05) is 34.0 Å². The highest BCUT2D eigenvalue weighted by molar-refractivity contribution is 5.92. The number of hydrogen-bond donors (Lipinski definition) is 0. The van der Waals surface area contributed by atoms with E-state index in [0.717, 1.165) is 35.2 Å². The molecule has 0 radical (unpaired) electrons. The quantitative estimate of drug-likeness (QED) is 0.169. The van der Waals surface area contributed by atoms with Crippen LogP contribution in [-0.2, 0) is 6.42 Å². The average Bonchev–Trinajstić information content (AvgIpc) is 3.69. The fraction of sp³-hybridized carbons (Fsp3) is 0.0702. The molecule has 0 saturated carbocycles. The van der Waals surface area contributed by atoms with E-state index < -0.39 is 0 Å². The first kappa shape index (κ1) is 35.3. The zero-order valence-corrected chi connectivity index (χ0v) is 33.5. The summed E-state index contributed by atoms with van der Waals surface area (Å²) in [4.78, 5) is 17.6. The van der Waals surface area contributed by atoms with Gasteiger partial charge in [-0.05, 0) is 110 Å². The van der Waals surface area contributed by atoms with Crippen LogP contribution in [-0.4, -0.2) is 21.0 Å². The number of para-hydroxylation sites is 1. The average molecular weight is 781 g/mol. The van der Waals surface area contributed by atoms with Crippen LogP contribution in [0.2, 0.25) is 0 Å². The number of allylic oxidation sites excluding steroid dienone is 1. The lowest BCUT2D eigenvalue weighted by atomic mass is 9.80. The minimum Gasteiger partial charge on any atom is -0.333 e. The molecule has 4 heteroatoms. The molecule has 12 rings (SSSR count). The Labute approximate surface area is 355 Å². The van der Waals surface area contributed by atoms with E-state index in [1.165, 1.54) is 66.5 Å². The first-order valence-electron chi connectivity index (χ1n) is 21.2. The number of fused-ring (bicyclic) bond motifs is 7. The summed E-state index contributed by atoms with van der Waals surface area (Å²) in [5.74, 6) is 2.12. The maximum Gasteiger partial charge on any atom is 0.164 e. The van der Waals surface area contributed by atoms with Gasteiger partial charge in [0.05, 0.1) is 6.04 Å². The minimum atomic E-state index is 0.0966. The Kier molecular flexibility index (Phi) is 8.41. The van der Waals surface area contributed by atoms with E-state index in [-0.39, 0.29) is 12.0 Å². The number of nitrogens with zero attached hydrogens (tertiary/aromatic N) is 4. The van der Waals surface area contributed by atoms with E-state index in [2.05, 4.69) is 175 Å². The second-order valence-corrected chi connectivity index (χ2v) is 16.3. The van der Waals surface area contributed by atoms with Crippen molar-refractivity contribution in [1.29, 1.82) is 0 Å². The van der Waals surface area contributed by atoms with E-state index in [9.17, 15) is 0 Å². The molecule has 61 heavy (non-hydrogen) atoms. The molecule has 0 saturated heterocycles. The number of benzene rings is 8. The van der Waals surface area contributed by atoms with Gasteiger partial charge in [-0.1, -0.05) is 170 Å². The van der Waals surface area contributed by atoms with Crippen molar-refractivity contribution in [3.05, 3.63) is 222 Å². The van der Waals surface area contributed by atoms with Gasteiger partial charge in [-0.15, -0.1) is 0 Å². The number of aromatic nitrogens is 3. The van der Waals surface area contributed by atoms with Crippen molar-refractivity contribution in [1.82, 2.24) is 15.0 Å². The Bertz CT molecular complexity index is 3160. The highest BCUT2D eigenvalue weighted by Gasteiger charge is 2.41. The lowest BCUT2D eigenvalue weighted by molar-refractivity contribution is 0.725. The third kappa shape index (κ3) is 6.19. The van der Waals surface area contributed by atoms with Gasteiger partial charge in [-0.2, -0.15) is 0 Å². The minimum absolute atomic E-state index is 0.0966. The fourth-order valence-electron chi connectivity index (χ4n) is 9.78. The summed E-state index contributed by atoms with van der Waals surface area (Å²) < 4.78 is 0. The van der Waals surface area contributed by atoms with Gasteiger partial charge >= 0.3 is 0 Å². The van der Waals surface area contributed by atoms with Gasteiger partial charge < -0.3 is 4.90 Å². The van der Waals surface area contributed by atoms with Crippen LogP contribution >= 0.6 is 0 Å². The normalized spacial score (nSPS) is 15.9. The zero-order chi connectivity index (χ0) is 40.3. The van der Waals surface area contributed by atoms with E-state index in [0.29, 0.717) is 17.5 Å². The molecular weight excluding hydrogens is 741 g/mol. The summed E-state index contributed by atoms with van der Waals surface area (Å²) in [6.07, 6.45) is 11.4. The molecule has 2 atom stereocenters. The summed E-state index contributed by atoms with van der Waals surface area (Å²) in [7, 11) is 0. The summed E-state index contributed by atoms with van der Waals surface area (Å²) in [6, 6.07) is 65.7. The molecule has 2 heterocycles. The molecule has 9 aromatic rings. The van der Waals surface area contributed by atoms with Crippen molar-refractivity contribution in [3.8, 4) is 56.4 Å². The topological polar surface area (TPSA) is 41.9 Å². The lowest BCUT2D eigenvalue weighted by Crippen LogP contribution is -2.30. The predicted molar refractivity (Wildman–Crippen MR) is 252 cm³/mol. The van der Waals surface area contributed by atoms with Gasteiger partial charge in [0.2, 0.25) is 0 Å². The summed E-state index contributed by atoms with van der Waals surface area (Å²) >= 11 is 0. The molecule has 0 bridgehead atoms. The Morgan fingerprint density at radius 2 is 1.10 bits per heavy atom. The molecule has 4 nitrogen and oxygen atoms in total. The Morgan fingerprint density at radius 1 is 0.443 bits per heavy atom. The second kappa shape index (κ2) is 14.5. The Balaban J connectivity index is 0.916. The van der Waals surface area contributed by atoms with Gasteiger partial charge in [-0.3, -0.25) is 0 Å². The maximum atomic E-state index is 5.06. The van der Waals surface area contributed by atoms with Gasteiger partial charge in [0.15, 0.2) is 17.5 Å². The van der Waals surface area contributed by atoms with E-state index in [4.69, 9.17) is 15.0 Å². The SMILES string of the molecule is C1=Cc2cccc(-c3ccc4ccc(-c5ccc6c(c5)C5c7ccccc7N(c7cccc(-c8nc(-c9ccccc9)nc(-c9ccccc9)n8)c7)C5C=C6)cc4c3)c2CC1. The van der Waals surface area contributed by atoms with Crippen LogP contribution in [0.5, 0.6) is 0 Å². The lowest BCUT2D eigenvalue weighted by Gasteiger charge is -2.32. The standard InChI is InChI=1S/C57H40N4/c1-3-14-40(15-4-1)55-58-56(41-16-5-2-6-17-41)60-57(59-55)45-19-11-20-47(35-45)61-52-24-10-9-22-50(52)54-51-36-43(29-27-39(51)31-32-53(54)61)42-28-25-37-26-30-44(34-46(37)33-42)49-23-12-18-38-13-7-8-21-48(38)49/h1-7,9-20,22-36,53-54H,8,21H2. The van der Waals surface area contributed by atoms with Crippen molar-refractivity contribution in [3.63, 3.8) is 0 Å². The van der Waals surface area contributed by atoms with E-state index in [1.807, 2.05) is 36.4 Å². The second-order valence-electron chi connectivity index (χ2n) is 16.3. The van der Waals surface area contributed by atoms with Crippen LogP contribution in [0.4, 0.5) is 11.4 Å². The van der Waals surface area contributed by atoms with Crippen molar-refractivity contribution in [2.75, 3.05) is 4.90 Å². The molecule has 0 spiro atoms. The van der Waals surface area contributed by atoms with E-state index >= 15 is 0 Å². The number of anilines is 2. The van der Waals surface area contributed by atoms with Crippen LogP contribution in [0.15, 0.2) is 194 Å². The predicted octanol–water partition coefficient (Wildman–Crippen LogP) is 14.0. The Morgan fingerprint density at radius 3 is 1.90 bits per heavy atom. The maximum absolute atomic E-state index is 5.06. The fourth-order valence-corrected chi connectivity index (χ4v) is 9.78. The third-order valence-electron chi connectivity index (χ3n) is 12.7. The van der Waals surface area contributed by atoms with Crippen molar-refractivity contribution in [2.24, 2.45) is 0 Å². The van der Waals surface area contributed by atoms with E-state index in [1.54, 1.807) is 0 Å². The molecular formula is C57H40N4.